The zero-order chi connectivity index (χ0) is 14.0. The van der Waals surface area contributed by atoms with Gasteiger partial charge in [0.1, 0.15) is 0 Å². The van der Waals surface area contributed by atoms with Gasteiger partial charge in [-0.3, -0.25) is 0 Å². The molecule has 0 aromatic heterocycles. The topological polar surface area (TPSA) is 68.0 Å². The molecule has 2 heterocycles. The number of ether oxygens (including phenoxy) is 2. The van der Waals surface area contributed by atoms with Gasteiger partial charge in [-0.1, -0.05) is 6.07 Å². The third-order valence-corrected chi connectivity index (χ3v) is 4.32. The molecule has 2 aliphatic rings. The van der Waals surface area contributed by atoms with Crippen LogP contribution in [0, 0.1) is 0 Å². The van der Waals surface area contributed by atoms with E-state index in [1.54, 1.807) is 0 Å². The second kappa shape index (κ2) is 5.60. The number of rotatable bonds is 4. The molecule has 0 unspecified atom stereocenters. The summed E-state index contributed by atoms with van der Waals surface area (Å²) >= 11 is 0. The van der Waals surface area contributed by atoms with Crippen LogP contribution >= 0.6 is 0 Å². The van der Waals surface area contributed by atoms with Crippen LogP contribution in [0.15, 0.2) is 18.2 Å². The highest BCUT2D eigenvalue weighted by Crippen LogP contribution is 2.32. The molecule has 0 amide bonds. The molecule has 1 fully saturated rings. The summed E-state index contributed by atoms with van der Waals surface area (Å²) in [5, 5.41) is 10.1. The highest BCUT2D eigenvalue weighted by molar-refractivity contribution is 5.44. The minimum absolute atomic E-state index is 0.322. The molecule has 5 heteroatoms. The first kappa shape index (κ1) is 13.7. The van der Waals surface area contributed by atoms with Crippen LogP contribution in [0.1, 0.15) is 18.4 Å². The summed E-state index contributed by atoms with van der Waals surface area (Å²) in [7, 11) is 0. The summed E-state index contributed by atoms with van der Waals surface area (Å²) in [4.78, 5) is 2.38. The van der Waals surface area contributed by atoms with Gasteiger partial charge in [0.05, 0.1) is 5.60 Å². The minimum Gasteiger partial charge on any atom is -0.454 e. The average Bonchev–Trinajstić information content (AvgIpc) is 2.94. The Bertz CT molecular complexity index is 470. The second-order valence-electron chi connectivity index (χ2n) is 5.71. The fraction of sp³-hybridized carbons (Fsp3) is 0.600. The molecule has 0 atom stereocenters. The number of likely N-dealkylation sites (tertiary alicyclic amines) is 1. The Morgan fingerprint density at radius 3 is 2.70 bits per heavy atom. The lowest BCUT2D eigenvalue weighted by molar-refractivity contribution is -0.0130. The summed E-state index contributed by atoms with van der Waals surface area (Å²) in [6.45, 7) is 3.52. The van der Waals surface area contributed by atoms with Crippen molar-refractivity contribution in [2.75, 3.05) is 33.0 Å². The first-order valence-electron chi connectivity index (χ1n) is 7.22. The molecule has 5 nitrogen and oxygen atoms in total. The molecule has 2 aliphatic heterocycles. The molecule has 3 N–H and O–H groups in total. The van der Waals surface area contributed by atoms with Gasteiger partial charge in [0.25, 0.3) is 0 Å². The monoisotopic (exact) mass is 278 g/mol. The van der Waals surface area contributed by atoms with Crippen molar-refractivity contribution in [1.29, 1.82) is 0 Å². The molecule has 0 bridgehead atoms. The standard InChI is InChI=1S/C15H22N2O3/c16-10-15(18)4-7-17(8-5-15)6-3-12-1-2-13-14(9-12)20-11-19-13/h1-2,9,18H,3-8,10-11,16H2. The molecular formula is C15H22N2O3. The number of piperidine rings is 1. The quantitative estimate of drug-likeness (QED) is 0.850. The van der Waals surface area contributed by atoms with Crippen molar-refractivity contribution in [2.45, 2.75) is 24.9 Å². The van der Waals surface area contributed by atoms with Crippen molar-refractivity contribution >= 4 is 0 Å². The minimum atomic E-state index is -0.644. The molecule has 1 aromatic rings. The number of nitrogens with two attached hydrogens (primary N) is 1. The molecule has 1 saturated heterocycles. The summed E-state index contributed by atoms with van der Waals surface area (Å²) < 4.78 is 10.7. The van der Waals surface area contributed by atoms with Gasteiger partial charge < -0.3 is 25.2 Å². The van der Waals surface area contributed by atoms with Gasteiger partial charge >= 0.3 is 0 Å². The molecular weight excluding hydrogens is 256 g/mol. The Hall–Kier alpha value is -1.30. The third kappa shape index (κ3) is 2.90. The van der Waals surface area contributed by atoms with E-state index in [2.05, 4.69) is 17.0 Å². The van der Waals surface area contributed by atoms with E-state index in [9.17, 15) is 5.11 Å². The first-order chi connectivity index (χ1) is 9.68. The van der Waals surface area contributed by atoms with E-state index in [4.69, 9.17) is 15.2 Å². The van der Waals surface area contributed by atoms with Crippen LogP contribution < -0.4 is 15.2 Å². The lowest BCUT2D eigenvalue weighted by Gasteiger charge is -2.37. The van der Waals surface area contributed by atoms with Crippen molar-refractivity contribution in [1.82, 2.24) is 4.90 Å². The van der Waals surface area contributed by atoms with Crippen LogP contribution in [0.2, 0.25) is 0 Å². The lowest BCUT2D eigenvalue weighted by atomic mass is 9.91. The normalized spacial score (nSPS) is 21.1. The first-order valence-corrected chi connectivity index (χ1v) is 7.22. The van der Waals surface area contributed by atoms with Gasteiger partial charge in [-0.15, -0.1) is 0 Å². The highest BCUT2D eigenvalue weighted by atomic mass is 16.7. The molecule has 1 aromatic carbocycles. The van der Waals surface area contributed by atoms with E-state index in [-0.39, 0.29) is 0 Å². The van der Waals surface area contributed by atoms with Crippen molar-refractivity contribution < 1.29 is 14.6 Å². The highest BCUT2D eigenvalue weighted by Gasteiger charge is 2.30. The summed E-state index contributed by atoms with van der Waals surface area (Å²) in [6, 6.07) is 6.12. The van der Waals surface area contributed by atoms with Crippen LogP contribution in [0.4, 0.5) is 0 Å². The van der Waals surface area contributed by atoms with Crippen molar-refractivity contribution in [3.05, 3.63) is 23.8 Å². The molecule has 20 heavy (non-hydrogen) atoms. The summed E-state index contributed by atoms with van der Waals surface area (Å²) in [5.74, 6) is 1.68. The Morgan fingerprint density at radius 1 is 1.20 bits per heavy atom. The second-order valence-corrected chi connectivity index (χ2v) is 5.71. The van der Waals surface area contributed by atoms with E-state index >= 15 is 0 Å². The largest absolute Gasteiger partial charge is 0.454 e. The lowest BCUT2D eigenvalue weighted by Crippen LogP contribution is -2.49. The van der Waals surface area contributed by atoms with Crippen LogP contribution in [-0.2, 0) is 6.42 Å². The van der Waals surface area contributed by atoms with Gasteiger partial charge in [-0.25, -0.2) is 0 Å². The predicted octanol–water partition coefficient (Wildman–Crippen LogP) is 0.743. The summed E-state index contributed by atoms with van der Waals surface area (Å²) in [6.07, 6.45) is 2.52. The van der Waals surface area contributed by atoms with Gasteiger partial charge in [-0.2, -0.15) is 0 Å². The van der Waals surface area contributed by atoms with Crippen LogP contribution in [0.5, 0.6) is 11.5 Å². The zero-order valence-corrected chi connectivity index (χ0v) is 11.7. The number of hydrogen-bond acceptors (Lipinski definition) is 5. The molecule has 110 valence electrons. The van der Waals surface area contributed by atoms with Crippen molar-refractivity contribution in [3.63, 3.8) is 0 Å². The van der Waals surface area contributed by atoms with Crippen molar-refractivity contribution in [3.8, 4) is 11.5 Å². The number of nitrogens with zero attached hydrogens (tertiary/aromatic N) is 1. The maximum absolute atomic E-state index is 10.1. The van der Waals surface area contributed by atoms with Crippen LogP contribution in [0.3, 0.4) is 0 Å². The maximum atomic E-state index is 10.1. The maximum Gasteiger partial charge on any atom is 0.231 e. The zero-order valence-electron chi connectivity index (χ0n) is 11.7. The van der Waals surface area contributed by atoms with Gasteiger partial charge in [0.2, 0.25) is 6.79 Å². The average molecular weight is 278 g/mol. The SMILES string of the molecule is NCC1(O)CCN(CCc2ccc3c(c2)OCO3)CC1. The predicted molar refractivity (Wildman–Crippen MR) is 75.9 cm³/mol. The van der Waals surface area contributed by atoms with Gasteiger partial charge in [-0.05, 0) is 37.0 Å². The number of aliphatic hydroxyl groups is 1. The van der Waals surface area contributed by atoms with E-state index in [1.165, 1.54) is 5.56 Å². The molecule has 3 rings (SSSR count). The summed E-state index contributed by atoms with van der Waals surface area (Å²) in [5.41, 5.74) is 6.22. The Balaban J connectivity index is 1.51. The molecule has 0 spiro atoms. The van der Waals surface area contributed by atoms with Crippen LogP contribution in [0.25, 0.3) is 0 Å². The fourth-order valence-corrected chi connectivity index (χ4v) is 2.78. The third-order valence-electron chi connectivity index (χ3n) is 4.32. The van der Waals surface area contributed by atoms with Gasteiger partial charge in [0, 0.05) is 26.2 Å². The number of hydrogen-bond donors (Lipinski definition) is 2. The van der Waals surface area contributed by atoms with E-state index in [0.29, 0.717) is 13.3 Å². The Morgan fingerprint density at radius 2 is 1.95 bits per heavy atom. The molecule has 0 saturated carbocycles. The Labute approximate surface area is 119 Å². The van der Waals surface area contributed by atoms with E-state index in [0.717, 1.165) is 50.4 Å². The van der Waals surface area contributed by atoms with Crippen LogP contribution in [-0.4, -0.2) is 48.6 Å². The van der Waals surface area contributed by atoms with E-state index in [1.807, 2.05) is 6.07 Å². The van der Waals surface area contributed by atoms with E-state index < -0.39 is 5.60 Å². The molecule has 0 radical (unpaired) electrons. The number of fused-ring (bicyclic) bond motifs is 1. The number of benzene rings is 1. The van der Waals surface area contributed by atoms with Crippen molar-refractivity contribution in [2.24, 2.45) is 5.73 Å². The smallest absolute Gasteiger partial charge is 0.231 e. The fourth-order valence-electron chi connectivity index (χ4n) is 2.78. The molecule has 0 aliphatic carbocycles. The Kier molecular flexibility index (Phi) is 3.83. The van der Waals surface area contributed by atoms with Gasteiger partial charge in [0.15, 0.2) is 11.5 Å².